The van der Waals surface area contributed by atoms with E-state index in [4.69, 9.17) is 5.73 Å². The molecule has 2 aliphatic rings. The normalized spacial score (nSPS) is 18.4. The van der Waals surface area contributed by atoms with E-state index in [0.29, 0.717) is 32.0 Å². The third-order valence-corrected chi connectivity index (χ3v) is 5.07. The van der Waals surface area contributed by atoms with Crippen LogP contribution in [-0.4, -0.2) is 48.0 Å². The minimum absolute atomic E-state index is 0.0545. The number of hydrogen-bond donors (Lipinski definition) is 2. The highest BCUT2D eigenvalue weighted by Gasteiger charge is 2.23. The number of likely N-dealkylation sites (tertiary alicyclic amines) is 1. The molecular weight excluding hydrogens is 318 g/mol. The predicted molar refractivity (Wildman–Crippen MR) is 96.0 cm³/mol. The number of hydrogen-bond acceptors (Lipinski definition) is 4. The molecule has 25 heavy (non-hydrogen) atoms. The van der Waals surface area contributed by atoms with Gasteiger partial charge in [0, 0.05) is 45.3 Å². The van der Waals surface area contributed by atoms with Gasteiger partial charge in [0.25, 0.3) is 0 Å². The highest BCUT2D eigenvalue weighted by atomic mass is 16.2. The number of carbonyl (C=O) groups excluding carboxylic acids is 2. The highest BCUT2D eigenvalue weighted by Crippen LogP contribution is 2.20. The van der Waals surface area contributed by atoms with Gasteiger partial charge < -0.3 is 20.9 Å². The largest absolute Gasteiger partial charge is 0.370 e. The Balaban J connectivity index is 1.42. The van der Waals surface area contributed by atoms with Gasteiger partial charge in [-0.3, -0.25) is 4.79 Å². The molecule has 3 rings (SSSR count). The van der Waals surface area contributed by atoms with Crippen molar-refractivity contribution in [3.8, 4) is 0 Å². The first-order chi connectivity index (χ1) is 12.1. The molecule has 0 spiro atoms. The average Bonchev–Trinajstić information content (AvgIpc) is 3.15. The van der Waals surface area contributed by atoms with Crippen molar-refractivity contribution < 1.29 is 9.59 Å². The van der Waals surface area contributed by atoms with Gasteiger partial charge in [-0.1, -0.05) is 6.07 Å². The minimum Gasteiger partial charge on any atom is -0.370 e. The van der Waals surface area contributed by atoms with E-state index in [1.807, 2.05) is 23.2 Å². The van der Waals surface area contributed by atoms with Gasteiger partial charge in [0.05, 0.1) is 0 Å². The molecule has 0 aliphatic carbocycles. The van der Waals surface area contributed by atoms with Gasteiger partial charge in [-0.05, 0) is 43.2 Å². The van der Waals surface area contributed by atoms with Crippen molar-refractivity contribution in [3.63, 3.8) is 0 Å². The van der Waals surface area contributed by atoms with Gasteiger partial charge >= 0.3 is 6.03 Å². The van der Waals surface area contributed by atoms with Crippen LogP contribution in [0.2, 0.25) is 0 Å². The summed E-state index contributed by atoms with van der Waals surface area (Å²) in [4.78, 5) is 31.8. The summed E-state index contributed by atoms with van der Waals surface area (Å²) >= 11 is 0. The number of urea groups is 1. The Morgan fingerprint density at radius 2 is 1.88 bits per heavy atom. The summed E-state index contributed by atoms with van der Waals surface area (Å²) < 4.78 is 0. The standard InChI is InChI=1S/C18H27N5O2/c19-16(24)11-14-5-9-23(10-6-14)18(25)21-13-15-3-4-17(20-12-15)22-7-1-2-8-22/h3-4,12,14H,1-2,5-11,13H2,(H2,19,24)(H,21,25). The molecule has 0 bridgehead atoms. The Morgan fingerprint density at radius 1 is 1.16 bits per heavy atom. The summed E-state index contributed by atoms with van der Waals surface area (Å²) in [6.45, 7) is 3.99. The Hall–Kier alpha value is -2.31. The topological polar surface area (TPSA) is 91.6 Å². The van der Waals surface area contributed by atoms with E-state index in [1.54, 1.807) is 0 Å². The summed E-state index contributed by atoms with van der Waals surface area (Å²) in [6, 6.07) is 4.00. The van der Waals surface area contributed by atoms with E-state index in [0.717, 1.165) is 37.3 Å². The summed E-state index contributed by atoms with van der Waals surface area (Å²) in [5.41, 5.74) is 6.24. The average molecular weight is 345 g/mol. The number of nitrogens with two attached hydrogens (primary N) is 1. The maximum absolute atomic E-state index is 12.3. The van der Waals surface area contributed by atoms with E-state index < -0.39 is 0 Å². The molecule has 2 saturated heterocycles. The number of nitrogens with zero attached hydrogens (tertiary/aromatic N) is 3. The Labute approximate surface area is 148 Å². The van der Waals surface area contributed by atoms with E-state index in [2.05, 4.69) is 15.2 Å². The van der Waals surface area contributed by atoms with E-state index >= 15 is 0 Å². The smallest absolute Gasteiger partial charge is 0.317 e. The zero-order valence-electron chi connectivity index (χ0n) is 14.6. The molecule has 136 valence electrons. The minimum atomic E-state index is -0.257. The second-order valence-electron chi connectivity index (χ2n) is 6.98. The second-order valence-corrected chi connectivity index (χ2v) is 6.98. The molecule has 1 aromatic heterocycles. The molecule has 0 unspecified atom stereocenters. The Bertz CT molecular complexity index is 590. The van der Waals surface area contributed by atoms with Crippen molar-refractivity contribution in [2.45, 2.75) is 38.6 Å². The summed E-state index contributed by atoms with van der Waals surface area (Å²) in [5.74, 6) is 1.07. The lowest BCUT2D eigenvalue weighted by molar-refractivity contribution is -0.119. The lowest BCUT2D eigenvalue weighted by Crippen LogP contribution is -2.44. The molecule has 7 heteroatoms. The SMILES string of the molecule is NC(=O)CC1CCN(C(=O)NCc2ccc(N3CCCC3)nc2)CC1. The predicted octanol–water partition coefficient (Wildman–Crippen LogP) is 1.48. The molecule has 7 nitrogen and oxygen atoms in total. The highest BCUT2D eigenvalue weighted by molar-refractivity contribution is 5.75. The number of piperidine rings is 1. The van der Waals surface area contributed by atoms with E-state index in [9.17, 15) is 9.59 Å². The van der Waals surface area contributed by atoms with Gasteiger partial charge in [-0.25, -0.2) is 9.78 Å². The number of carbonyl (C=O) groups is 2. The zero-order valence-corrected chi connectivity index (χ0v) is 14.6. The third-order valence-electron chi connectivity index (χ3n) is 5.07. The first kappa shape index (κ1) is 17.5. The maximum atomic E-state index is 12.3. The van der Waals surface area contributed by atoms with Crippen LogP contribution >= 0.6 is 0 Å². The van der Waals surface area contributed by atoms with Crippen molar-refractivity contribution in [2.24, 2.45) is 11.7 Å². The van der Waals surface area contributed by atoms with Crippen molar-refractivity contribution in [3.05, 3.63) is 23.9 Å². The number of amides is 3. The molecule has 0 atom stereocenters. The molecule has 3 N–H and O–H groups in total. The first-order valence-electron chi connectivity index (χ1n) is 9.13. The molecular formula is C18H27N5O2. The van der Waals surface area contributed by atoms with Crippen molar-refractivity contribution in [1.29, 1.82) is 0 Å². The molecule has 3 amide bonds. The first-order valence-corrected chi connectivity index (χ1v) is 9.13. The van der Waals surface area contributed by atoms with Crippen LogP contribution in [0.1, 0.15) is 37.7 Å². The van der Waals surface area contributed by atoms with Crippen molar-refractivity contribution >= 4 is 17.8 Å². The van der Waals surface area contributed by atoms with Gasteiger partial charge in [-0.15, -0.1) is 0 Å². The lowest BCUT2D eigenvalue weighted by Gasteiger charge is -2.31. The van der Waals surface area contributed by atoms with Crippen LogP contribution < -0.4 is 16.0 Å². The van der Waals surface area contributed by atoms with Crippen LogP contribution in [0.25, 0.3) is 0 Å². The van der Waals surface area contributed by atoms with Gasteiger partial charge in [0.2, 0.25) is 5.91 Å². The maximum Gasteiger partial charge on any atom is 0.317 e. The number of primary amides is 1. The molecule has 0 radical (unpaired) electrons. The fourth-order valence-electron chi connectivity index (χ4n) is 3.57. The van der Waals surface area contributed by atoms with Gasteiger partial charge in [0.1, 0.15) is 5.82 Å². The van der Waals surface area contributed by atoms with Gasteiger partial charge in [0.15, 0.2) is 0 Å². The summed E-state index contributed by atoms with van der Waals surface area (Å²) in [7, 11) is 0. The van der Waals surface area contributed by atoms with Crippen LogP contribution in [0.15, 0.2) is 18.3 Å². The van der Waals surface area contributed by atoms with Crippen molar-refractivity contribution in [1.82, 2.24) is 15.2 Å². The fraction of sp³-hybridized carbons (Fsp3) is 0.611. The van der Waals surface area contributed by atoms with Gasteiger partial charge in [-0.2, -0.15) is 0 Å². The van der Waals surface area contributed by atoms with Crippen LogP contribution in [0.5, 0.6) is 0 Å². The molecule has 2 aliphatic heterocycles. The Kier molecular flexibility index (Phi) is 5.73. The molecule has 0 saturated carbocycles. The lowest BCUT2D eigenvalue weighted by atomic mass is 9.93. The molecule has 1 aromatic rings. The van der Waals surface area contributed by atoms with E-state index in [-0.39, 0.29) is 11.9 Å². The van der Waals surface area contributed by atoms with Crippen LogP contribution in [-0.2, 0) is 11.3 Å². The molecule has 2 fully saturated rings. The number of anilines is 1. The second kappa shape index (κ2) is 8.18. The number of pyridine rings is 1. The third kappa shape index (κ3) is 4.84. The number of rotatable bonds is 5. The fourth-order valence-corrected chi connectivity index (χ4v) is 3.57. The quantitative estimate of drug-likeness (QED) is 0.845. The number of nitrogens with one attached hydrogen (secondary N) is 1. The van der Waals surface area contributed by atoms with E-state index in [1.165, 1.54) is 12.8 Å². The molecule has 3 heterocycles. The van der Waals surface area contributed by atoms with Crippen LogP contribution in [0.4, 0.5) is 10.6 Å². The van der Waals surface area contributed by atoms with Crippen LogP contribution in [0.3, 0.4) is 0 Å². The monoisotopic (exact) mass is 345 g/mol. The van der Waals surface area contributed by atoms with Crippen molar-refractivity contribution in [2.75, 3.05) is 31.1 Å². The Morgan fingerprint density at radius 3 is 2.48 bits per heavy atom. The molecule has 0 aromatic carbocycles. The van der Waals surface area contributed by atoms with Crippen LogP contribution in [0, 0.1) is 5.92 Å². The summed E-state index contributed by atoms with van der Waals surface area (Å²) in [6.07, 6.45) is 6.40. The summed E-state index contributed by atoms with van der Waals surface area (Å²) in [5, 5.41) is 2.96. The number of aromatic nitrogens is 1. The zero-order chi connectivity index (χ0) is 17.6.